The molecule has 1 aliphatic rings. The van der Waals surface area contributed by atoms with E-state index >= 15 is 0 Å². The molecule has 0 heterocycles. The largest absolute Gasteiger partial charge is 0.497 e. The Kier molecular flexibility index (Phi) is 7.66. The fraction of sp³-hybridized carbons (Fsp3) is 0.500. The van der Waals surface area contributed by atoms with Crippen LogP contribution in [0.4, 0.5) is 0 Å². The van der Waals surface area contributed by atoms with E-state index in [1.807, 2.05) is 23.9 Å². The summed E-state index contributed by atoms with van der Waals surface area (Å²) in [7, 11) is 1.71. The summed E-state index contributed by atoms with van der Waals surface area (Å²) in [5.41, 5.74) is 4.58. The Morgan fingerprint density at radius 1 is 1.00 bits per heavy atom. The quantitative estimate of drug-likeness (QED) is 0.495. The maximum absolute atomic E-state index is 5.24. The molecule has 146 valence electrons. The molecule has 2 aromatic rings. The highest BCUT2D eigenvalue weighted by Crippen LogP contribution is 2.29. The van der Waals surface area contributed by atoms with E-state index in [9.17, 15) is 0 Å². The molecule has 0 amide bonds. The second-order valence-electron chi connectivity index (χ2n) is 7.50. The molecule has 0 aromatic heterocycles. The van der Waals surface area contributed by atoms with Crippen molar-refractivity contribution in [2.75, 3.05) is 20.2 Å². The average molecular weight is 384 g/mol. The van der Waals surface area contributed by atoms with E-state index in [0.717, 1.165) is 17.5 Å². The highest BCUT2D eigenvalue weighted by molar-refractivity contribution is 7.98. The summed E-state index contributed by atoms with van der Waals surface area (Å²) in [6.07, 6.45) is 6.27. The number of nitrogens with zero attached hydrogens (tertiary/aromatic N) is 1. The van der Waals surface area contributed by atoms with Crippen LogP contribution in [0.25, 0.3) is 0 Å². The highest BCUT2D eigenvalue weighted by Gasteiger charge is 2.23. The Morgan fingerprint density at radius 3 is 2.41 bits per heavy atom. The standard InChI is InChI=1S/C24H33NOS/c1-4-14-25(15-5-2)22-9-8-20-16-19(6-7-21(20)17-22)18-27-24-12-10-23(26-3)11-13-24/h6-7,10-13,16,22H,4-5,8-9,14-15,17-18H2,1-3H3. The van der Waals surface area contributed by atoms with Gasteiger partial charge >= 0.3 is 0 Å². The average Bonchev–Trinajstić information content (AvgIpc) is 2.72. The van der Waals surface area contributed by atoms with Crippen LogP contribution in [0.15, 0.2) is 47.4 Å². The van der Waals surface area contributed by atoms with Crippen molar-refractivity contribution in [2.45, 2.75) is 62.6 Å². The van der Waals surface area contributed by atoms with Crippen molar-refractivity contribution in [3.63, 3.8) is 0 Å². The van der Waals surface area contributed by atoms with Gasteiger partial charge in [-0.15, -0.1) is 11.8 Å². The summed E-state index contributed by atoms with van der Waals surface area (Å²) >= 11 is 1.90. The van der Waals surface area contributed by atoms with Gasteiger partial charge in [0.25, 0.3) is 0 Å². The van der Waals surface area contributed by atoms with Crippen LogP contribution in [0.1, 0.15) is 49.8 Å². The first-order chi connectivity index (χ1) is 13.2. The molecule has 0 saturated carbocycles. The lowest BCUT2D eigenvalue weighted by atomic mass is 9.86. The molecule has 2 nitrogen and oxygen atoms in total. The van der Waals surface area contributed by atoms with Crippen LogP contribution >= 0.6 is 11.8 Å². The third kappa shape index (κ3) is 5.52. The monoisotopic (exact) mass is 383 g/mol. The van der Waals surface area contributed by atoms with Gasteiger partial charge in [0.15, 0.2) is 0 Å². The maximum atomic E-state index is 5.24. The van der Waals surface area contributed by atoms with Gasteiger partial charge in [0.1, 0.15) is 5.75 Å². The zero-order valence-corrected chi connectivity index (χ0v) is 17.9. The van der Waals surface area contributed by atoms with E-state index in [1.165, 1.54) is 55.7 Å². The minimum atomic E-state index is 0.733. The van der Waals surface area contributed by atoms with Crippen molar-refractivity contribution in [3.05, 3.63) is 59.2 Å². The van der Waals surface area contributed by atoms with Gasteiger partial charge in [-0.25, -0.2) is 0 Å². The van der Waals surface area contributed by atoms with Gasteiger partial charge in [-0.05, 0) is 86.1 Å². The second-order valence-corrected chi connectivity index (χ2v) is 8.55. The predicted octanol–water partition coefficient (Wildman–Crippen LogP) is 5.97. The molecular weight excluding hydrogens is 350 g/mol. The van der Waals surface area contributed by atoms with Gasteiger partial charge in [0.05, 0.1) is 7.11 Å². The number of fused-ring (bicyclic) bond motifs is 1. The molecule has 2 aromatic carbocycles. The first kappa shape index (κ1) is 20.3. The highest BCUT2D eigenvalue weighted by atomic mass is 32.2. The zero-order valence-electron chi connectivity index (χ0n) is 17.0. The molecule has 0 spiro atoms. The predicted molar refractivity (Wildman–Crippen MR) is 117 cm³/mol. The van der Waals surface area contributed by atoms with Crippen molar-refractivity contribution in [3.8, 4) is 5.75 Å². The number of hydrogen-bond acceptors (Lipinski definition) is 3. The fourth-order valence-corrected chi connectivity index (χ4v) is 4.92. The molecule has 0 radical (unpaired) electrons. The lowest BCUT2D eigenvalue weighted by molar-refractivity contribution is 0.180. The Hall–Kier alpha value is -1.45. The first-order valence-corrected chi connectivity index (χ1v) is 11.3. The Morgan fingerprint density at radius 2 is 1.74 bits per heavy atom. The van der Waals surface area contributed by atoms with Crippen molar-refractivity contribution < 1.29 is 4.74 Å². The number of ether oxygens (including phenoxy) is 1. The molecule has 1 atom stereocenters. The molecule has 3 heteroatoms. The minimum Gasteiger partial charge on any atom is -0.497 e. The van der Waals surface area contributed by atoms with E-state index in [1.54, 1.807) is 18.2 Å². The Labute approximate surface area is 169 Å². The van der Waals surface area contributed by atoms with E-state index in [2.05, 4.69) is 49.1 Å². The first-order valence-electron chi connectivity index (χ1n) is 10.3. The summed E-state index contributed by atoms with van der Waals surface area (Å²) in [6, 6.07) is 16.3. The van der Waals surface area contributed by atoms with E-state index in [4.69, 9.17) is 4.74 Å². The fourth-order valence-electron chi connectivity index (χ4n) is 4.08. The molecule has 1 unspecified atom stereocenters. The summed E-state index contributed by atoms with van der Waals surface area (Å²) in [5, 5.41) is 0. The van der Waals surface area contributed by atoms with Gasteiger partial charge < -0.3 is 9.64 Å². The number of methoxy groups -OCH3 is 1. The van der Waals surface area contributed by atoms with Crippen molar-refractivity contribution in [1.29, 1.82) is 0 Å². The molecule has 0 N–H and O–H groups in total. The van der Waals surface area contributed by atoms with Gasteiger partial charge in [-0.2, -0.15) is 0 Å². The molecule has 27 heavy (non-hydrogen) atoms. The van der Waals surface area contributed by atoms with Gasteiger partial charge in [0, 0.05) is 16.7 Å². The normalized spacial score (nSPS) is 16.4. The number of hydrogen-bond donors (Lipinski definition) is 0. The van der Waals surface area contributed by atoms with Crippen LogP contribution in [-0.2, 0) is 18.6 Å². The molecule has 0 bridgehead atoms. The lowest BCUT2D eigenvalue weighted by Gasteiger charge is -2.35. The molecule has 0 aliphatic heterocycles. The van der Waals surface area contributed by atoms with Crippen molar-refractivity contribution >= 4 is 11.8 Å². The van der Waals surface area contributed by atoms with Gasteiger partial charge in [-0.3, -0.25) is 0 Å². The summed E-state index contributed by atoms with van der Waals surface area (Å²) in [6.45, 7) is 7.08. The molecule has 0 saturated heterocycles. The SMILES string of the molecule is CCCN(CCC)C1CCc2cc(CSc3ccc(OC)cc3)ccc2C1. The topological polar surface area (TPSA) is 12.5 Å². The van der Waals surface area contributed by atoms with Crippen LogP contribution < -0.4 is 4.74 Å². The second kappa shape index (κ2) is 10.2. The third-order valence-corrected chi connectivity index (χ3v) is 6.56. The Bertz CT molecular complexity index is 707. The number of aryl methyl sites for hydroxylation is 1. The van der Waals surface area contributed by atoms with Crippen molar-refractivity contribution in [2.24, 2.45) is 0 Å². The lowest BCUT2D eigenvalue weighted by Crippen LogP contribution is -2.40. The number of rotatable bonds is 9. The van der Waals surface area contributed by atoms with Crippen LogP contribution in [0.3, 0.4) is 0 Å². The summed E-state index contributed by atoms with van der Waals surface area (Å²) in [5.74, 6) is 1.95. The maximum Gasteiger partial charge on any atom is 0.118 e. The molecular formula is C24H33NOS. The van der Waals surface area contributed by atoms with E-state index < -0.39 is 0 Å². The van der Waals surface area contributed by atoms with Crippen LogP contribution in [-0.4, -0.2) is 31.1 Å². The van der Waals surface area contributed by atoms with Gasteiger partial charge in [0.2, 0.25) is 0 Å². The van der Waals surface area contributed by atoms with Gasteiger partial charge in [-0.1, -0.05) is 32.0 Å². The van der Waals surface area contributed by atoms with Crippen LogP contribution in [0.2, 0.25) is 0 Å². The summed E-state index contributed by atoms with van der Waals surface area (Å²) < 4.78 is 5.24. The van der Waals surface area contributed by atoms with E-state index in [-0.39, 0.29) is 0 Å². The van der Waals surface area contributed by atoms with E-state index in [0.29, 0.717) is 0 Å². The van der Waals surface area contributed by atoms with Crippen LogP contribution in [0.5, 0.6) is 5.75 Å². The third-order valence-electron chi connectivity index (χ3n) is 5.48. The molecule has 3 rings (SSSR count). The van der Waals surface area contributed by atoms with Crippen LogP contribution in [0, 0.1) is 0 Å². The number of thioether (sulfide) groups is 1. The Balaban J connectivity index is 1.60. The number of benzene rings is 2. The zero-order chi connectivity index (χ0) is 19.1. The molecule has 0 fully saturated rings. The summed E-state index contributed by atoms with van der Waals surface area (Å²) in [4.78, 5) is 4.01. The minimum absolute atomic E-state index is 0.733. The smallest absolute Gasteiger partial charge is 0.118 e. The molecule has 1 aliphatic carbocycles. The van der Waals surface area contributed by atoms with Crippen molar-refractivity contribution in [1.82, 2.24) is 4.90 Å².